The first-order chi connectivity index (χ1) is 14.0. The third-order valence-electron chi connectivity index (χ3n) is 4.67. The van der Waals surface area contributed by atoms with Gasteiger partial charge in [0.15, 0.2) is 5.16 Å². The number of rotatable bonds is 5. The van der Waals surface area contributed by atoms with Crippen LogP contribution in [0.25, 0.3) is 15.9 Å². The third-order valence-corrected chi connectivity index (χ3v) is 6.50. The van der Waals surface area contributed by atoms with Gasteiger partial charge in [-0.25, -0.2) is 4.98 Å². The van der Waals surface area contributed by atoms with E-state index in [0.717, 1.165) is 22.5 Å². The number of aryl methyl sites for hydroxylation is 1. The number of aromatic nitrogens is 2. The summed E-state index contributed by atoms with van der Waals surface area (Å²) in [7, 11) is 0. The fourth-order valence-corrected chi connectivity index (χ4v) is 4.57. The number of fused-ring (bicyclic) bond motifs is 1. The average molecular weight is 422 g/mol. The van der Waals surface area contributed by atoms with Gasteiger partial charge in [-0.3, -0.25) is 14.2 Å². The van der Waals surface area contributed by atoms with E-state index in [0.29, 0.717) is 15.4 Å². The van der Waals surface area contributed by atoms with Gasteiger partial charge in [0.25, 0.3) is 5.56 Å². The highest BCUT2D eigenvalue weighted by molar-refractivity contribution is 7.99. The molecule has 0 saturated carbocycles. The number of thioether (sulfide) groups is 1. The Hall–Kier alpha value is -2.90. The first-order valence-corrected chi connectivity index (χ1v) is 11.0. The minimum Gasteiger partial charge on any atom is -0.325 e. The van der Waals surface area contributed by atoms with Gasteiger partial charge in [0.2, 0.25) is 5.91 Å². The molecule has 0 aliphatic heterocycles. The van der Waals surface area contributed by atoms with Crippen molar-refractivity contribution < 1.29 is 4.79 Å². The summed E-state index contributed by atoms with van der Waals surface area (Å²) >= 11 is 2.63. The molecule has 0 aliphatic carbocycles. The van der Waals surface area contributed by atoms with Gasteiger partial charge in [0.05, 0.1) is 17.0 Å². The molecule has 7 heteroatoms. The lowest BCUT2D eigenvalue weighted by Crippen LogP contribution is -2.22. The molecule has 0 aliphatic rings. The molecule has 29 heavy (non-hydrogen) atoms. The van der Waals surface area contributed by atoms with Crippen LogP contribution in [0, 0.1) is 13.8 Å². The lowest BCUT2D eigenvalue weighted by molar-refractivity contribution is -0.113. The molecule has 2 aromatic carbocycles. The van der Waals surface area contributed by atoms with E-state index in [1.165, 1.54) is 23.1 Å². The van der Waals surface area contributed by atoms with E-state index in [9.17, 15) is 9.59 Å². The van der Waals surface area contributed by atoms with Crippen molar-refractivity contribution in [3.63, 3.8) is 0 Å². The lowest BCUT2D eigenvalue weighted by atomic mass is 10.1. The number of hydrogen-bond acceptors (Lipinski definition) is 5. The number of nitrogens with zero attached hydrogens (tertiary/aromatic N) is 2. The number of thiophene rings is 1. The van der Waals surface area contributed by atoms with E-state index in [4.69, 9.17) is 0 Å². The SMILES string of the molecule is Cc1cccc(NC(=O)CSc2nc3ccsc3c(=O)n2-c2ccccc2)c1C. The molecule has 2 aromatic heterocycles. The van der Waals surface area contributed by atoms with Crippen molar-refractivity contribution >= 4 is 44.9 Å². The minimum absolute atomic E-state index is 0.117. The molecule has 0 fully saturated rings. The summed E-state index contributed by atoms with van der Waals surface area (Å²) in [6.45, 7) is 4.00. The molecular formula is C22H19N3O2S2. The lowest BCUT2D eigenvalue weighted by Gasteiger charge is -2.13. The van der Waals surface area contributed by atoms with E-state index in [-0.39, 0.29) is 17.2 Å². The molecule has 5 nitrogen and oxygen atoms in total. The monoisotopic (exact) mass is 421 g/mol. The van der Waals surface area contributed by atoms with Gasteiger partial charge in [-0.2, -0.15) is 0 Å². The largest absolute Gasteiger partial charge is 0.325 e. The van der Waals surface area contributed by atoms with Crippen molar-refractivity contribution in [3.05, 3.63) is 81.5 Å². The molecule has 0 unspecified atom stereocenters. The number of carbonyl (C=O) groups excluding carboxylic acids is 1. The Morgan fingerprint density at radius 3 is 2.69 bits per heavy atom. The second kappa shape index (κ2) is 8.23. The first kappa shape index (κ1) is 19.4. The van der Waals surface area contributed by atoms with Crippen molar-refractivity contribution in [2.75, 3.05) is 11.1 Å². The highest BCUT2D eigenvalue weighted by Crippen LogP contribution is 2.24. The summed E-state index contributed by atoms with van der Waals surface area (Å²) in [5, 5.41) is 5.31. The number of amides is 1. The van der Waals surface area contributed by atoms with Crippen LogP contribution in [-0.2, 0) is 4.79 Å². The fraction of sp³-hybridized carbons (Fsp3) is 0.136. The van der Waals surface area contributed by atoms with Gasteiger partial charge in [0.1, 0.15) is 4.70 Å². The average Bonchev–Trinajstić information content (AvgIpc) is 3.20. The van der Waals surface area contributed by atoms with Gasteiger partial charge in [-0.1, -0.05) is 42.1 Å². The van der Waals surface area contributed by atoms with Crippen LogP contribution in [-0.4, -0.2) is 21.2 Å². The van der Waals surface area contributed by atoms with Crippen LogP contribution in [0.5, 0.6) is 0 Å². The van der Waals surface area contributed by atoms with Gasteiger partial charge in [0, 0.05) is 5.69 Å². The molecule has 0 spiro atoms. The number of carbonyl (C=O) groups is 1. The molecule has 2 heterocycles. The zero-order chi connectivity index (χ0) is 20.4. The van der Waals surface area contributed by atoms with Crippen LogP contribution >= 0.6 is 23.1 Å². The Kier molecular flexibility index (Phi) is 5.51. The minimum atomic E-state index is -0.136. The quantitative estimate of drug-likeness (QED) is 0.372. The number of hydrogen-bond donors (Lipinski definition) is 1. The van der Waals surface area contributed by atoms with Crippen LogP contribution in [0.1, 0.15) is 11.1 Å². The Morgan fingerprint density at radius 2 is 1.90 bits per heavy atom. The van der Waals surface area contributed by atoms with Crippen LogP contribution in [0.2, 0.25) is 0 Å². The number of para-hydroxylation sites is 1. The highest BCUT2D eigenvalue weighted by Gasteiger charge is 2.16. The summed E-state index contributed by atoms with van der Waals surface area (Å²) in [6, 6.07) is 17.0. The second-order valence-corrected chi connectivity index (χ2v) is 8.45. The molecule has 0 radical (unpaired) electrons. The van der Waals surface area contributed by atoms with E-state index in [1.807, 2.05) is 73.8 Å². The van der Waals surface area contributed by atoms with Gasteiger partial charge < -0.3 is 5.32 Å². The summed E-state index contributed by atoms with van der Waals surface area (Å²) in [6.07, 6.45) is 0. The molecule has 146 valence electrons. The topological polar surface area (TPSA) is 64.0 Å². The highest BCUT2D eigenvalue weighted by atomic mass is 32.2. The standard InChI is InChI=1S/C22H19N3O2S2/c1-14-7-6-10-17(15(14)2)23-19(26)13-29-22-24-18-11-12-28-20(18)21(27)25(22)16-8-4-3-5-9-16/h3-12H,13H2,1-2H3,(H,23,26). The summed E-state index contributed by atoms with van der Waals surface area (Å²) in [5.41, 5.74) is 4.25. The zero-order valence-electron chi connectivity index (χ0n) is 16.0. The van der Waals surface area contributed by atoms with Crippen LogP contribution in [0.4, 0.5) is 5.69 Å². The van der Waals surface area contributed by atoms with E-state index in [1.54, 1.807) is 4.57 Å². The first-order valence-electron chi connectivity index (χ1n) is 9.09. The zero-order valence-corrected chi connectivity index (χ0v) is 17.6. The molecule has 0 atom stereocenters. The van der Waals surface area contributed by atoms with Crippen molar-refractivity contribution in [2.24, 2.45) is 0 Å². The number of anilines is 1. The van der Waals surface area contributed by atoms with Gasteiger partial charge >= 0.3 is 0 Å². The molecule has 0 saturated heterocycles. The molecule has 1 N–H and O–H groups in total. The number of nitrogens with one attached hydrogen (secondary N) is 1. The van der Waals surface area contributed by atoms with Gasteiger partial charge in [-0.15, -0.1) is 11.3 Å². The van der Waals surface area contributed by atoms with Crippen LogP contribution in [0.3, 0.4) is 0 Å². The van der Waals surface area contributed by atoms with Crippen molar-refractivity contribution in [1.82, 2.24) is 9.55 Å². The Labute approximate surface area is 176 Å². The maximum absolute atomic E-state index is 13.0. The van der Waals surface area contributed by atoms with Crippen LogP contribution in [0.15, 0.2) is 69.9 Å². The summed E-state index contributed by atoms with van der Waals surface area (Å²) < 4.78 is 2.19. The summed E-state index contributed by atoms with van der Waals surface area (Å²) in [5.74, 6) is 0.0189. The third kappa shape index (κ3) is 3.97. The Bertz CT molecular complexity index is 1250. The maximum Gasteiger partial charge on any atom is 0.276 e. The smallest absolute Gasteiger partial charge is 0.276 e. The predicted octanol–water partition coefficient (Wildman–Crippen LogP) is 4.79. The molecular weight excluding hydrogens is 402 g/mol. The van der Waals surface area contributed by atoms with E-state index in [2.05, 4.69) is 10.3 Å². The Balaban J connectivity index is 1.63. The molecule has 4 rings (SSSR count). The van der Waals surface area contributed by atoms with Crippen LogP contribution < -0.4 is 10.9 Å². The molecule has 4 aromatic rings. The van der Waals surface area contributed by atoms with E-state index < -0.39 is 0 Å². The van der Waals surface area contributed by atoms with Gasteiger partial charge in [-0.05, 0) is 54.6 Å². The van der Waals surface area contributed by atoms with Crippen molar-refractivity contribution in [3.8, 4) is 5.69 Å². The number of benzene rings is 2. The second-order valence-electron chi connectivity index (χ2n) is 6.59. The van der Waals surface area contributed by atoms with Crippen molar-refractivity contribution in [1.29, 1.82) is 0 Å². The molecule has 1 amide bonds. The normalized spacial score (nSPS) is 11.0. The van der Waals surface area contributed by atoms with E-state index >= 15 is 0 Å². The van der Waals surface area contributed by atoms with Crippen molar-refractivity contribution in [2.45, 2.75) is 19.0 Å². The molecule has 0 bridgehead atoms. The maximum atomic E-state index is 13.0. The fourth-order valence-electron chi connectivity index (χ4n) is 3.00. The predicted molar refractivity (Wildman–Crippen MR) is 120 cm³/mol. The summed E-state index contributed by atoms with van der Waals surface area (Å²) in [4.78, 5) is 30.2. The Morgan fingerprint density at radius 1 is 1.10 bits per heavy atom.